The molecule has 1 N–H and O–H groups in total. The number of piperazine rings is 1. The number of carbonyl (C=O) groups is 1. The van der Waals surface area contributed by atoms with Gasteiger partial charge in [-0.1, -0.05) is 13.3 Å². The molecule has 1 fully saturated rings. The van der Waals surface area contributed by atoms with Gasteiger partial charge in [-0.3, -0.25) is 4.90 Å². The fourth-order valence-corrected chi connectivity index (χ4v) is 1.54. The van der Waals surface area contributed by atoms with Crippen LogP contribution in [-0.4, -0.2) is 53.7 Å². The second kappa shape index (κ2) is 5.07. The molecule has 4 heteroatoms. The summed E-state index contributed by atoms with van der Waals surface area (Å²) in [6, 6.07) is 0. The highest BCUT2D eigenvalue weighted by molar-refractivity contribution is 5.65. The van der Waals surface area contributed by atoms with Gasteiger partial charge in [-0.15, -0.1) is 0 Å². The fraction of sp³-hybridized carbons (Fsp3) is 0.889. The molecule has 1 heterocycles. The molecule has 4 nitrogen and oxygen atoms in total. The van der Waals surface area contributed by atoms with Crippen LogP contribution in [0.15, 0.2) is 0 Å². The summed E-state index contributed by atoms with van der Waals surface area (Å²) in [6.45, 7) is 6.41. The number of nitrogens with zero attached hydrogens (tertiary/aromatic N) is 2. The Morgan fingerprint density at radius 2 is 1.92 bits per heavy atom. The first-order valence-electron chi connectivity index (χ1n) is 4.94. The van der Waals surface area contributed by atoms with Crippen molar-refractivity contribution in [2.75, 3.05) is 32.7 Å². The molecule has 0 saturated carbocycles. The van der Waals surface area contributed by atoms with Crippen LogP contribution in [0.25, 0.3) is 0 Å². The van der Waals surface area contributed by atoms with Crippen LogP contribution in [0.2, 0.25) is 0 Å². The lowest BCUT2D eigenvalue weighted by Crippen LogP contribution is -2.48. The Kier molecular flexibility index (Phi) is 4.02. The molecule has 0 spiro atoms. The van der Waals surface area contributed by atoms with Crippen molar-refractivity contribution in [2.45, 2.75) is 19.8 Å². The van der Waals surface area contributed by atoms with Gasteiger partial charge in [-0.25, -0.2) is 4.79 Å². The lowest BCUT2D eigenvalue weighted by atomic mass is 10.2. The standard InChI is InChI=1S/C9H18N2O2/c1-2-3-4-10-5-7-11(8-6-10)9(12)13/h2-8H2,1H3,(H,12,13). The zero-order chi connectivity index (χ0) is 9.68. The van der Waals surface area contributed by atoms with Gasteiger partial charge in [-0.2, -0.15) is 0 Å². The SMILES string of the molecule is CCCCN1CCN(C(=O)O)CC1. The normalized spacial score (nSPS) is 19.0. The van der Waals surface area contributed by atoms with Crippen LogP contribution in [-0.2, 0) is 0 Å². The summed E-state index contributed by atoms with van der Waals surface area (Å²) in [5.74, 6) is 0. The summed E-state index contributed by atoms with van der Waals surface area (Å²) in [5, 5.41) is 8.71. The smallest absolute Gasteiger partial charge is 0.407 e. The third kappa shape index (κ3) is 3.22. The van der Waals surface area contributed by atoms with Gasteiger partial charge in [-0.05, 0) is 13.0 Å². The molecular formula is C9H18N2O2. The second-order valence-electron chi connectivity index (χ2n) is 3.46. The van der Waals surface area contributed by atoms with E-state index in [0.717, 1.165) is 19.6 Å². The van der Waals surface area contributed by atoms with E-state index in [-0.39, 0.29) is 0 Å². The van der Waals surface area contributed by atoms with Crippen LogP contribution in [0, 0.1) is 0 Å². The van der Waals surface area contributed by atoms with E-state index in [1.54, 1.807) is 0 Å². The van der Waals surface area contributed by atoms with Gasteiger partial charge in [0.15, 0.2) is 0 Å². The van der Waals surface area contributed by atoms with E-state index in [2.05, 4.69) is 11.8 Å². The highest BCUT2D eigenvalue weighted by atomic mass is 16.4. The Balaban J connectivity index is 2.18. The molecule has 0 aromatic heterocycles. The molecule has 0 radical (unpaired) electrons. The van der Waals surface area contributed by atoms with E-state index >= 15 is 0 Å². The molecule has 1 rings (SSSR count). The minimum Gasteiger partial charge on any atom is -0.465 e. The number of hydrogen-bond acceptors (Lipinski definition) is 2. The van der Waals surface area contributed by atoms with Gasteiger partial charge in [0, 0.05) is 26.2 Å². The molecule has 0 unspecified atom stereocenters. The van der Waals surface area contributed by atoms with Gasteiger partial charge in [0.2, 0.25) is 0 Å². The summed E-state index contributed by atoms with van der Waals surface area (Å²) in [7, 11) is 0. The molecular weight excluding hydrogens is 168 g/mol. The predicted octanol–water partition coefficient (Wildman–Crippen LogP) is 1.08. The Morgan fingerprint density at radius 1 is 1.31 bits per heavy atom. The van der Waals surface area contributed by atoms with E-state index in [0.29, 0.717) is 13.1 Å². The van der Waals surface area contributed by atoms with E-state index in [1.807, 2.05) is 0 Å². The molecule has 1 aliphatic heterocycles. The lowest BCUT2D eigenvalue weighted by Gasteiger charge is -2.32. The largest absolute Gasteiger partial charge is 0.465 e. The number of amides is 1. The maximum Gasteiger partial charge on any atom is 0.407 e. The first kappa shape index (κ1) is 10.3. The Morgan fingerprint density at radius 3 is 2.38 bits per heavy atom. The topological polar surface area (TPSA) is 43.8 Å². The molecule has 1 aliphatic rings. The van der Waals surface area contributed by atoms with Gasteiger partial charge < -0.3 is 10.0 Å². The highest BCUT2D eigenvalue weighted by Gasteiger charge is 2.19. The van der Waals surface area contributed by atoms with Crippen LogP contribution >= 0.6 is 0 Å². The quantitative estimate of drug-likeness (QED) is 0.717. The minimum absolute atomic E-state index is 0.666. The van der Waals surface area contributed by atoms with Crippen LogP contribution in [0.5, 0.6) is 0 Å². The summed E-state index contributed by atoms with van der Waals surface area (Å²) >= 11 is 0. The average molecular weight is 186 g/mol. The van der Waals surface area contributed by atoms with Crippen molar-refractivity contribution < 1.29 is 9.90 Å². The van der Waals surface area contributed by atoms with Gasteiger partial charge in [0.1, 0.15) is 0 Å². The van der Waals surface area contributed by atoms with Gasteiger partial charge >= 0.3 is 6.09 Å². The second-order valence-corrected chi connectivity index (χ2v) is 3.46. The zero-order valence-corrected chi connectivity index (χ0v) is 8.20. The fourth-order valence-electron chi connectivity index (χ4n) is 1.54. The van der Waals surface area contributed by atoms with Crippen LogP contribution in [0.1, 0.15) is 19.8 Å². The van der Waals surface area contributed by atoms with Gasteiger partial charge in [0.25, 0.3) is 0 Å². The van der Waals surface area contributed by atoms with E-state index < -0.39 is 6.09 Å². The molecule has 0 aliphatic carbocycles. The number of carboxylic acid groups (broad SMARTS) is 1. The van der Waals surface area contributed by atoms with Crippen LogP contribution < -0.4 is 0 Å². The van der Waals surface area contributed by atoms with Crippen molar-refractivity contribution >= 4 is 6.09 Å². The van der Waals surface area contributed by atoms with E-state index in [9.17, 15) is 4.79 Å². The maximum absolute atomic E-state index is 10.6. The van der Waals surface area contributed by atoms with Gasteiger partial charge in [0.05, 0.1) is 0 Å². The van der Waals surface area contributed by atoms with Crippen LogP contribution in [0.4, 0.5) is 4.79 Å². The molecule has 0 aromatic carbocycles. The predicted molar refractivity (Wildman–Crippen MR) is 50.9 cm³/mol. The summed E-state index contributed by atoms with van der Waals surface area (Å²) < 4.78 is 0. The molecule has 0 bridgehead atoms. The summed E-state index contributed by atoms with van der Waals surface area (Å²) in [6.07, 6.45) is 1.64. The molecule has 0 aromatic rings. The Labute approximate surface area is 79.1 Å². The monoisotopic (exact) mass is 186 g/mol. The summed E-state index contributed by atoms with van der Waals surface area (Å²) in [4.78, 5) is 14.4. The third-order valence-electron chi connectivity index (χ3n) is 2.47. The van der Waals surface area contributed by atoms with Crippen LogP contribution in [0.3, 0.4) is 0 Å². The van der Waals surface area contributed by atoms with Crippen molar-refractivity contribution in [1.29, 1.82) is 0 Å². The first-order valence-corrected chi connectivity index (χ1v) is 4.94. The Hall–Kier alpha value is -0.770. The minimum atomic E-state index is -0.782. The van der Waals surface area contributed by atoms with E-state index in [4.69, 9.17) is 5.11 Å². The van der Waals surface area contributed by atoms with Crippen molar-refractivity contribution in [1.82, 2.24) is 9.80 Å². The summed E-state index contributed by atoms with van der Waals surface area (Å²) in [5.41, 5.74) is 0. The third-order valence-corrected chi connectivity index (χ3v) is 2.47. The molecule has 1 amide bonds. The number of hydrogen-bond donors (Lipinski definition) is 1. The van der Waals surface area contributed by atoms with Crippen molar-refractivity contribution in [3.63, 3.8) is 0 Å². The van der Waals surface area contributed by atoms with Crippen molar-refractivity contribution in [3.8, 4) is 0 Å². The molecule has 0 atom stereocenters. The number of rotatable bonds is 3. The highest BCUT2D eigenvalue weighted by Crippen LogP contribution is 2.03. The first-order chi connectivity index (χ1) is 6.24. The molecule has 13 heavy (non-hydrogen) atoms. The van der Waals surface area contributed by atoms with Crippen molar-refractivity contribution in [3.05, 3.63) is 0 Å². The average Bonchev–Trinajstić information content (AvgIpc) is 2.15. The zero-order valence-electron chi connectivity index (χ0n) is 8.20. The van der Waals surface area contributed by atoms with Crippen molar-refractivity contribution in [2.24, 2.45) is 0 Å². The molecule has 76 valence electrons. The maximum atomic E-state index is 10.6. The lowest BCUT2D eigenvalue weighted by molar-refractivity contribution is 0.105. The van der Waals surface area contributed by atoms with E-state index in [1.165, 1.54) is 17.7 Å². The number of unbranched alkanes of at least 4 members (excludes halogenated alkanes) is 1. The Bertz CT molecular complexity index is 165. The molecule has 1 saturated heterocycles.